The van der Waals surface area contributed by atoms with Crippen LogP contribution in [0.15, 0.2) is 24.3 Å². The fourth-order valence-electron chi connectivity index (χ4n) is 2.52. The molecule has 1 fully saturated rings. The van der Waals surface area contributed by atoms with E-state index in [1.165, 1.54) is 29.2 Å². The van der Waals surface area contributed by atoms with E-state index in [1.54, 1.807) is 19.0 Å². The molecule has 2 N–H and O–H groups in total. The van der Waals surface area contributed by atoms with E-state index < -0.39 is 6.36 Å². The maximum atomic E-state index is 12.2. The molecule has 144 valence electrons. The first-order chi connectivity index (χ1) is 12.1. The summed E-state index contributed by atoms with van der Waals surface area (Å²) in [5.41, 5.74) is 0.585. The van der Waals surface area contributed by atoms with Crippen molar-refractivity contribution < 1.29 is 27.6 Å². The molecule has 0 unspecified atom stereocenters. The maximum Gasteiger partial charge on any atom is 0.573 e. The molecule has 0 aliphatic carbocycles. The normalized spacial score (nSPS) is 15.5. The van der Waals surface area contributed by atoms with Crippen LogP contribution in [0.2, 0.25) is 0 Å². The highest BCUT2D eigenvalue weighted by molar-refractivity contribution is 7.80. The number of benzene rings is 1. The van der Waals surface area contributed by atoms with Crippen LogP contribution in [0.5, 0.6) is 5.75 Å². The van der Waals surface area contributed by atoms with Crippen molar-refractivity contribution in [3.63, 3.8) is 0 Å². The van der Waals surface area contributed by atoms with E-state index in [-0.39, 0.29) is 11.7 Å². The number of rotatable bonds is 4. The molecule has 1 saturated heterocycles. The van der Waals surface area contributed by atoms with Crippen molar-refractivity contribution >= 4 is 28.9 Å². The number of hydrogen-bond donors (Lipinski definition) is 2. The molecule has 1 aromatic rings. The Bertz CT molecular complexity index is 629. The highest BCUT2D eigenvalue weighted by Crippen LogP contribution is 2.24. The van der Waals surface area contributed by atoms with Gasteiger partial charge in [-0.1, -0.05) is 0 Å². The molecular formula is C16H22F3N4O2S+. The standard InChI is InChI=1S/C16H21F3N4O2S/c1-21(2)14(24)11-22-7-9-23(10-8-22)15(26)20-12-3-5-13(6-4-12)25-16(17,18)19/h3-6H,7-11H2,1-2H3,(H,20,26)/p+1. The summed E-state index contributed by atoms with van der Waals surface area (Å²) in [4.78, 5) is 16.5. The summed E-state index contributed by atoms with van der Waals surface area (Å²) >= 11 is 5.36. The molecule has 26 heavy (non-hydrogen) atoms. The average molecular weight is 391 g/mol. The molecule has 0 saturated carbocycles. The average Bonchev–Trinajstić information content (AvgIpc) is 2.56. The quantitative estimate of drug-likeness (QED) is 0.735. The number of quaternary nitrogens is 1. The fourth-order valence-corrected chi connectivity index (χ4v) is 2.82. The van der Waals surface area contributed by atoms with Crippen molar-refractivity contribution in [3.05, 3.63) is 24.3 Å². The largest absolute Gasteiger partial charge is 0.573 e. The predicted octanol–water partition coefficient (Wildman–Crippen LogP) is 0.571. The van der Waals surface area contributed by atoms with Crippen LogP contribution >= 0.6 is 12.2 Å². The lowest BCUT2D eigenvalue weighted by atomic mass is 10.3. The first-order valence-electron chi connectivity index (χ1n) is 8.09. The molecule has 2 rings (SSSR count). The Labute approximate surface area is 155 Å². The zero-order valence-corrected chi connectivity index (χ0v) is 15.4. The molecule has 0 radical (unpaired) electrons. The zero-order chi connectivity index (χ0) is 19.3. The number of hydrogen-bond acceptors (Lipinski definition) is 3. The van der Waals surface area contributed by atoms with E-state index in [4.69, 9.17) is 12.2 Å². The number of thiocarbonyl (C=S) groups is 1. The minimum absolute atomic E-state index is 0.0929. The number of halogens is 3. The number of alkyl halides is 3. The summed E-state index contributed by atoms with van der Waals surface area (Å²) in [7, 11) is 3.48. The monoisotopic (exact) mass is 391 g/mol. The molecule has 0 atom stereocenters. The molecule has 1 aliphatic heterocycles. The zero-order valence-electron chi connectivity index (χ0n) is 14.6. The van der Waals surface area contributed by atoms with Crippen molar-refractivity contribution in [1.29, 1.82) is 0 Å². The van der Waals surface area contributed by atoms with Crippen LogP contribution in [0.3, 0.4) is 0 Å². The summed E-state index contributed by atoms with van der Waals surface area (Å²) < 4.78 is 40.3. The Hall–Kier alpha value is -2.07. The van der Waals surface area contributed by atoms with Crippen molar-refractivity contribution in [3.8, 4) is 5.75 Å². The van der Waals surface area contributed by atoms with Crippen LogP contribution in [0.4, 0.5) is 18.9 Å². The van der Waals surface area contributed by atoms with Gasteiger partial charge in [0, 0.05) is 19.8 Å². The van der Waals surface area contributed by atoms with Gasteiger partial charge >= 0.3 is 6.36 Å². The summed E-state index contributed by atoms with van der Waals surface area (Å²) in [6, 6.07) is 5.41. The molecule has 0 aromatic heterocycles. The molecule has 1 aliphatic rings. The van der Waals surface area contributed by atoms with Crippen LogP contribution in [-0.2, 0) is 4.79 Å². The first kappa shape index (κ1) is 20.2. The van der Waals surface area contributed by atoms with Crippen molar-refractivity contribution in [1.82, 2.24) is 9.80 Å². The lowest BCUT2D eigenvalue weighted by Gasteiger charge is -2.33. The second kappa shape index (κ2) is 8.54. The summed E-state index contributed by atoms with van der Waals surface area (Å²) in [6.45, 7) is 3.45. The highest BCUT2D eigenvalue weighted by Gasteiger charge is 2.31. The van der Waals surface area contributed by atoms with Crippen molar-refractivity contribution in [2.75, 3.05) is 52.1 Å². The molecule has 0 spiro atoms. The molecule has 1 heterocycles. The minimum Gasteiger partial charge on any atom is -0.406 e. The third-order valence-electron chi connectivity index (χ3n) is 4.00. The molecule has 0 bridgehead atoms. The van der Waals surface area contributed by atoms with E-state index in [2.05, 4.69) is 10.1 Å². The number of piperazine rings is 1. The second-order valence-electron chi connectivity index (χ2n) is 6.20. The third kappa shape index (κ3) is 6.34. The van der Waals surface area contributed by atoms with Gasteiger partial charge < -0.3 is 24.8 Å². The summed E-state index contributed by atoms with van der Waals surface area (Å²) in [5, 5.41) is 3.52. The summed E-state index contributed by atoms with van der Waals surface area (Å²) in [5.74, 6) is -0.188. The topological polar surface area (TPSA) is 49.2 Å². The van der Waals surface area contributed by atoms with E-state index in [0.717, 1.165) is 13.1 Å². The lowest BCUT2D eigenvalue weighted by molar-refractivity contribution is -0.896. The third-order valence-corrected chi connectivity index (χ3v) is 4.36. The second-order valence-corrected chi connectivity index (χ2v) is 6.59. The Balaban J connectivity index is 1.81. The minimum atomic E-state index is -4.71. The number of nitrogens with one attached hydrogen (secondary N) is 2. The predicted molar refractivity (Wildman–Crippen MR) is 95.2 cm³/mol. The Kier molecular flexibility index (Phi) is 6.65. The van der Waals surface area contributed by atoms with Gasteiger partial charge in [0.05, 0.1) is 26.2 Å². The van der Waals surface area contributed by atoms with Gasteiger partial charge in [0.15, 0.2) is 11.7 Å². The van der Waals surface area contributed by atoms with E-state index in [9.17, 15) is 18.0 Å². The summed E-state index contributed by atoms with van der Waals surface area (Å²) in [6.07, 6.45) is -4.71. The number of likely N-dealkylation sites (N-methyl/N-ethyl adjacent to an activating group) is 1. The smallest absolute Gasteiger partial charge is 0.406 e. The van der Waals surface area contributed by atoms with Gasteiger partial charge in [-0.3, -0.25) is 4.79 Å². The molecule has 1 amide bonds. The van der Waals surface area contributed by atoms with Crippen LogP contribution in [-0.4, -0.2) is 74.0 Å². The SMILES string of the molecule is CN(C)C(=O)C[NH+]1CCN(C(=S)Nc2ccc(OC(F)(F)F)cc2)CC1. The first-order valence-corrected chi connectivity index (χ1v) is 8.50. The Morgan fingerprint density at radius 3 is 2.35 bits per heavy atom. The van der Waals surface area contributed by atoms with Crippen molar-refractivity contribution in [2.45, 2.75) is 6.36 Å². The van der Waals surface area contributed by atoms with Gasteiger partial charge in [-0.25, -0.2) is 0 Å². The lowest BCUT2D eigenvalue weighted by Crippen LogP contribution is -3.15. The fraction of sp³-hybridized carbons (Fsp3) is 0.500. The van der Waals surface area contributed by atoms with Crippen LogP contribution in [0.1, 0.15) is 0 Å². The number of ether oxygens (including phenoxy) is 1. The molecule has 1 aromatic carbocycles. The van der Waals surface area contributed by atoms with Gasteiger partial charge in [0.25, 0.3) is 5.91 Å². The van der Waals surface area contributed by atoms with Crippen LogP contribution in [0, 0.1) is 0 Å². The van der Waals surface area contributed by atoms with E-state index in [0.29, 0.717) is 30.4 Å². The van der Waals surface area contributed by atoms with Gasteiger partial charge in [-0.05, 0) is 36.5 Å². The van der Waals surface area contributed by atoms with Crippen molar-refractivity contribution in [2.24, 2.45) is 0 Å². The number of anilines is 1. The van der Waals surface area contributed by atoms with Crippen LogP contribution in [0.25, 0.3) is 0 Å². The highest BCUT2D eigenvalue weighted by atomic mass is 32.1. The van der Waals surface area contributed by atoms with E-state index in [1.807, 2.05) is 4.90 Å². The van der Waals surface area contributed by atoms with Gasteiger partial charge in [0.1, 0.15) is 5.75 Å². The number of amides is 1. The van der Waals surface area contributed by atoms with E-state index >= 15 is 0 Å². The number of carbonyl (C=O) groups excluding carboxylic acids is 1. The van der Waals surface area contributed by atoms with Gasteiger partial charge in [0.2, 0.25) is 0 Å². The van der Waals surface area contributed by atoms with Crippen LogP contribution < -0.4 is 15.0 Å². The van der Waals surface area contributed by atoms with Gasteiger partial charge in [-0.15, -0.1) is 13.2 Å². The molecule has 10 heteroatoms. The van der Waals surface area contributed by atoms with Gasteiger partial charge in [-0.2, -0.15) is 0 Å². The Morgan fingerprint density at radius 2 is 1.85 bits per heavy atom. The Morgan fingerprint density at radius 1 is 1.27 bits per heavy atom. The molecular weight excluding hydrogens is 369 g/mol. The number of carbonyl (C=O) groups is 1. The maximum absolute atomic E-state index is 12.2. The molecule has 6 nitrogen and oxygen atoms in total. The number of nitrogens with zero attached hydrogens (tertiary/aromatic N) is 2.